The van der Waals surface area contributed by atoms with Crippen LogP contribution in [-0.4, -0.2) is 39.6 Å². The number of carbonyl (C=O) groups is 2. The lowest BCUT2D eigenvalue weighted by atomic mass is 9.93. The maximum absolute atomic E-state index is 13.2. The molecule has 29 heavy (non-hydrogen) atoms. The zero-order valence-corrected chi connectivity index (χ0v) is 17.4. The van der Waals surface area contributed by atoms with Gasteiger partial charge in [-0.2, -0.15) is 5.10 Å². The molecule has 0 spiro atoms. The molecular weight excluding hydrogens is 371 g/mol. The minimum Gasteiger partial charge on any atom is -0.337 e. The molecule has 1 aromatic heterocycles. The van der Waals surface area contributed by atoms with Crippen molar-refractivity contribution < 1.29 is 14.0 Å². The Morgan fingerprint density at radius 1 is 1.31 bits per heavy atom. The van der Waals surface area contributed by atoms with Gasteiger partial charge in [-0.25, -0.2) is 4.39 Å². The minimum atomic E-state index is -0.313. The van der Waals surface area contributed by atoms with E-state index in [-0.39, 0.29) is 17.6 Å². The predicted molar refractivity (Wildman–Crippen MR) is 110 cm³/mol. The lowest BCUT2D eigenvalue weighted by Gasteiger charge is -2.32. The lowest BCUT2D eigenvalue weighted by molar-refractivity contribution is -0.116. The molecule has 1 aliphatic heterocycles. The predicted octanol–water partition coefficient (Wildman–Crippen LogP) is 3.70. The molecule has 0 saturated carbocycles. The summed E-state index contributed by atoms with van der Waals surface area (Å²) in [5, 5.41) is 7.22. The number of hydrogen-bond acceptors (Lipinski definition) is 3. The maximum atomic E-state index is 13.2. The smallest absolute Gasteiger partial charge is 0.272 e. The van der Waals surface area contributed by atoms with E-state index in [4.69, 9.17) is 0 Å². The molecule has 6 nitrogen and oxygen atoms in total. The number of aromatic nitrogens is 2. The van der Waals surface area contributed by atoms with Gasteiger partial charge in [0, 0.05) is 32.2 Å². The molecule has 1 fully saturated rings. The summed E-state index contributed by atoms with van der Waals surface area (Å²) >= 11 is 0. The molecule has 0 bridgehead atoms. The highest BCUT2D eigenvalue weighted by Crippen LogP contribution is 2.23. The van der Waals surface area contributed by atoms with Gasteiger partial charge in [0.05, 0.1) is 5.69 Å². The van der Waals surface area contributed by atoms with E-state index >= 15 is 0 Å². The van der Waals surface area contributed by atoms with Crippen molar-refractivity contribution in [3.63, 3.8) is 0 Å². The van der Waals surface area contributed by atoms with Gasteiger partial charge in [0.2, 0.25) is 5.91 Å². The summed E-state index contributed by atoms with van der Waals surface area (Å²) in [6.07, 6.45) is 3.86. The third kappa shape index (κ3) is 5.22. The van der Waals surface area contributed by atoms with Crippen LogP contribution in [0.25, 0.3) is 0 Å². The van der Waals surface area contributed by atoms with Crippen molar-refractivity contribution in [1.29, 1.82) is 0 Å². The van der Waals surface area contributed by atoms with Gasteiger partial charge in [-0.3, -0.25) is 14.3 Å². The third-order valence-electron chi connectivity index (χ3n) is 5.56. The Bertz CT molecular complexity index is 893. The molecule has 2 amide bonds. The average Bonchev–Trinajstić information content (AvgIpc) is 3.09. The second kappa shape index (κ2) is 9.20. The van der Waals surface area contributed by atoms with Crippen LogP contribution in [0.15, 0.2) is 24.3 Å². The second-order valence-corrected chi connectivity index (χ2v) is 7.80. The minimum absolute atomic E-state index is 0.00999. The van der Waals surface area contributed by atoms with E-state index in [1.54, 1.807) is 24.7 Å². The first kappa shape index (κ1) is 21.0. The van der Waals surface area contributed by atoms with Crippen LogP contribution in [0.2, 0.25) is 0 Å². The SMILES string of the molecule is CCc1cc(C(=O)N2CCCC(CCC(=O)Nc3ccc(F)cc3C)C2)n(C)n1. The van der Waals surface area contributed by atoms with Gasteiger partial charge in [-0.1, -0.05) is 6.92 Å². The Balaban J connectivity index is 1.53. The topological polar surface area (TPSA) is 67.2 Å². The Kier molecular flexibility index (Phi) is 6.67. The number of nitrogens with one attached hydrogen (secondary N) is 1. The number of piperidine rings is 1. The molecule has 1 aliphatic rings. The Morgan fingerprint density at radius 2 is 2.10 bits per heavy atom. The summed E-state index contributed by atoms with van der Waals surface area (Å²) < 4.78 is 14.9. The molecule has 0 radical (unpaired) electrons. The molecule has 1 N–H and O–H groups in total. The number of nitrogens with zero attached hydrogens (tertiary/aromatic N) is 3. The van der Waals surface area contributed by atoms with E-state index in [9.17, 15) is 14.0 Å². The van der Waals surface area contributed by atoms with Crippen LogP contribution >= 0.6 is 0 Å². The maximum Gasteiger partial charge on any atom is 0.272 e. The van der Waals surface area contributed by atoms with Crippen molar-refractivity contribution in [3.05, 3.63) is 47.0 Å². The Hall–Kier alpha value is -2.70. The highest BCUT2D eigenvalue weighted by atomic mass is 19.1. The van der Waals surface area contributed by atoms with Crippen LogP contribution in [0, 0.1) is 18.7 Å². The van der Waals surface area contributed by atoms with Crippen LogP contribution in [-0.2, 0) is 18.3 Å². The van der Waals surface area contributed by atoms with E-state index in [1.807, 2.05) is 17.9 Å². The molecule has 156 valence electrons. The summed E-state index contributed by atoms with van der Waals surface area (Å²) in [7, 11) is 1.80. The monoisotopic (exact) mass is 400 g/mol. The first-order valence-electron chi connectivity index (χ1n) is 10.3. The van der Waals surface area contributed by atoms with Crippen LogP contribution in [0.1, 0.15) is 54.4 Å². The summed E-state index contributed by atoms with van der Waals surface area (Å²) in [6, 6.07) is 6.20. The highest BCUT2D eigenvalue weighted by molar-refractivity contribution is 5.93. The van der Waals surface area contributed by atoms with Crippen LogP contribution in [0.3, 0.4) is 0 Å². The third-order valence-corrected chi connectivity index (χ3v) is 5.56. The number of benzene rings is 1. The second-order valence-electron chi connectivity index (χ2n) is 7.80. The van der Waals surface area contributed by atoms with Crippen LogP contribution < -0.4 is 5.32 Å². The number of likely N-dealkylation sites (tertiary alicyclic amines) is 1. The quantitative estimate of drug-likeness (QED) is 0.804. The Morgan fingerprint density at radius 3 is 2.79 bits per heavy atom. The molecule has 2 aromatic rings. The van der Waals surface area contributed by atoms with Gasteiger partial charge in [0.25, 0.3) is 5.91 Å². The lowest BCUT2D eigenvalue weighted by Crippen LogP contribution is -2.40. The molecule has 1 unspecified atom stereocenters. The standard InChI is InChI=1S/C22H29FN4O2/c1-4-18-13-20(26(3)25-18)22(29)27-11-5-6-16(14-27)7-10-21(28)24-19-9-8-17(23)12-15(19)2/h8-9,12-13,16H,4-7,10-11,14H2,1-3H3,(H,24,28). The van der Waals surface area contributed by atoms with Crippen molar-refractivity contribution in [2.24, 2.45) is 13.0 Å². The molecule has 2 heterocycles. The number of anilines is 1. The van der Waals surface area contributed by atoms with Crippen molar-refractivity contribution in [2.45, 2.75) is 46.0 Å². The van der Waals surface area contributed by atoms with E-state index in [0.717, 1.165) is 37.9 Å². The summed E-state index contributed by atoms with van der Waals surface area (Å²) in [6.45, 7) is 5.19. The van der Waals surface area contributed by atoms with E-state index in [0.29, 0.717) is 35.8 Å². The number of rotatable bonds is 6. The Labute approximate surface area is 171 Å². The van der Waals surface area contributed by atoms with Crippen LogP contribution in [0.5, 0.6) is 0 Å². The summed E-state index contributed by atoms with van der Waals surface area (Å²) in [4.78, 5) is 27.1. The van der Waals surface area contributed by atoms with Crippen LogP contribution in [0.4, 0.5) is 10.1 Å². The van der Waals surface area contributed by atoms with Gasteiger partial charge >= 0.3 is 0 Å². The fraction of sp³-hybridized carbons (Fsp3) is 0.500. The number of amides is 2. The van der Waals surface area contributed by atoms with Gasteiger partial charge in [0.15, 0.2) is 0 Å². The number of carbonyl (C=O) groups excluding carboxylic acids is 2. The molecule has 0 aliphatic carbocycles. The number of halogens is 1. The average molecular weight is 400 g/mol. The van der Waals surface area contributed by atoms with Crippen molar-refractivity contribution in [2.75, 3.05) is 18.4 Å². The van der Waals surface area contributed by atoms with E-state index in [1.165, 1.54) is 12.1 Å². The molecule has 1 aromatic carbocycles. The number of hydrogen-bond donors (Lipinski definition) is 1. The molecular formula is C22H29FN4O2. The van der Waals surface area contributed by atoms with E-state index in [2.05, 4.69) is 10.4 Å². The molecule has 1 saturated heterocycles. The van der Waals surface area contributed by atoms with Crippen molar-refractivity contribution >= 4 is 17.5 Å². The van der Waals surface area contributed by atoms with E-state index < -0.39 is 0 Å². The van der Waals surface area contributed by atoms with Gasteiger partial charge in [0.1, 0.15) is 11.5 Å². The summed E-state index contributed by atoms with van der Waals surface area (Å²) in [5.41, 5.74) is 2.87. The normalized spacial score (nSPS) is 16.7. The van der Waals surface area contributed by atoms with Crippen molar-refractivity contribution in [3.8, 4) is 0 Å². The largest absolute Gasteiger partial charge is 0.337 e. The molecule has 3 rings (SSSR count). The fourth-order valence-corrected chi connectivity index (χ4v) is 3.86. The van der Waals surface area contributed by atoms with Crippen molar-refractivity contribution in [1.82, 2.24) is 14.7 Å². The zero-order chi connectivity index (χ0) is 21.0. The first-order valence-corrected chi connectivity index (χ1v) is 10.3. The van der Waals surface area contributed by atoms with Gasteiger partial charge < -0.3 is 10.2 Å². The molecule has 7 heteroatoms. The summed E-state index contributed by atoms with van der Waals surface area (Å²) in [5.74, 6) is -0.0863. The van der Waals surface area contributed by atoms with Gasteiger partial charge in [-0.15, -0.1) is 0 Å². The molecule has 1 atom stereocenters. The van der Waals surface area contributed by atoms with Gasteiger partial charge in [-0.05, 0) is 68.4 Å². The first-order chi connectivity index (χ1) is 13.9. The fourth-order valence-electron chi connectivity index (χ4n) is 3.86. The zero-order valence-electron chi connectivity index (χ0n) is 17.4. The number of aryl methyl sites for hydroxylation is 3. The highest BCUT2D eigenvalue weighted by Gasteiger charge is 2.26.